The van der Waals surface area contributed by atoms with E-state index in [4.69, 9.17) is 4.84 Å². The molecule has 5 heteroatoms. The van der Waals surface area contributed by atoms with Gasteiger partial charge < -0.3 is 9.74 Å². The van der Waals surface area contributed by atoms with Crippen molar-refractivity contribution in [1.29, 1.82) is 0 Å². The van der Waals surface area contributed by atoms with Crippen LogP contribution >= 0.6 is 0 Å². The van der Waals surface area contributed by atoms with Crippen LogP contribution in [-0.4, -0.2) is 29.2 Å². The van der Waals surface area contributed by atoms with Crippen molar-refractivity contribution in [2.45, 2.75) is 46.3 Å². The van der Waals surface area contributed by atoms with E-state index in [1.54, 1.807) is 17.0 Å². The van der Waals surface area contributed by atoms with Gasteiger partial charge in [-0.05, 0) is 36.1 Å². The second-order valence-electron chi connectivity index (χ2n) is 7.83. The number of hydrogen-bond acceptors (Lipinski definition) is 3. The van der Waals surface area contributed by atoms with Gasteiger partial charge in [-0.3, -0.25) is 4.79 Å². The van der Waals surface area contributed by atoms with Gasteiger partial charge in [0.05, 0.1) is 12.3 Å². The quantitative estimate of drug-likeness (QED) is 0.696. The second kappa shape index (κ2) is 9.00. The summed E-state index contributed by atoms with van der Waals surface area (Å²) in [6, 6.07) is 14.5. The SMILES string of the molecule is Cc1ccc(C2=NO[C@@H](CN(Cc3ccc(F)cc3)C(=O)CC(C)C)C2)cc1. The average molecular weight is 382 g/mol. The highest BCUT2D eigenvalue weighted by atomic mass is 19.1. The highest BCUT2D eigenvalue weighted by molar-refractivity contribution is 6.01. The number of halogens is 1. The molecule has 1 aliphatic rings. The fourth-order valence-electron chi connectivity index (χ4n) is 3.23. The zero-order valence-corrected chi connectivity index (χ0v) is 16.7. The summed E-state index contributed by atoms with van der Waals surface area (Å²) in [5, 5.41) is 4.24. The number of aryl methyl sites for hydroxylation is 1. The second-order valence-corrected chi connectivity index (χ2v) is 7.83. The molecule has 0 N–H and O–H groups in total. The molecule has 1 atom stereocenters. The van der Waals surface area contributed by atoms with Gasteiger partial charge in [0.1, 0.15) is 5.82 Å². The van der Waals surface area contributed by atoms with Gasteiger partial charge in [-0.2, -0.15) is 0 Å². The summed E-state index contributed by atoms with van der Waals surface area (Å²) in [5.41, 5.74) is 4.05. The maximum atomic E-state index is 13.2. The zero-order chi connectivity index (χ0) is 20.1. The molecular formula is C23H27FN2O2. The van der Waals surface area contributed by atoms with Crippen molar-refractivity contribution in [1.82, 2.24) is 4.90 Å². The van der Waals surface area contributed by atoms with Gasteiger partial charge in [-0.15, -0.1) is 0 Å². The van der Waals surface area contributed by atoms with Crippen molar-refractivity contribution < 1.29 is 14.0 Å². The lowest BCUT2D eigenvalue weighted by Crippen LogP contribution is -2.37. The molecule has 2 aromatic carbocycles. The highest BCUT2D eigenvalue weighted by Crippen LogP contribution is 2.20. The van der Waals surface area contributed by atoms with Crippen LogP contribution in [-0.2, 0) is 16.2 Å². The van der Waals surface area contributed by atoms with Crippen molar-refractivity contribution in [3.63, 3.8) is 0 Å². The molecule has 3 rings (SSSR count). The van der Waals surface area contributed by atoms with Gasteiger partial charge >= 0.3 is 0 Å². The topological polar surface area (TPSA) is 41.9 Å². The van der Waals surface area contributed by atoms with Crippen LogP contribution in [0.1, 0.15) is 43.4 Å². The van der Waals surface area contributed by atoms with E-state index >= 15 is 0 Å². The van der Waals surface area contributed by atoms with Gasteiger partial charge in [-0.25, -0.2) is 4.39 Å². The predicted molar refractivity (Wildman–Crippen MR) is 108 cm³/mol. The Bertz CT molecular complexity index is 829. The normalized spacial score (nSPS) is 16.0. The molecule has 0 saturated heterocycles. The van der Waals surface area contributed by atoms with Crippen LogP contribution in [0.3, 0.4) is 0 Å². The number of hydrogen-bond donors (Lipinski definition) is 0. The molecule has 1 heterocycles. The lowest BCUT2D eigenvalue weighted by atomic mass is 10.0. The smallest absolute Gasteiger partial charge is 0.223 e. The van der Waals surface area contributed by atoms with E-state index in [0.29, 0.717) is 25.9 Å². The Morgan fingerprint density at radius 1 is 1.18 bits per heavy atom. The average Bonchev–Trinajstić information content (AvgIpc) is 3.11. The summed E-state index contributed by atoms with van der Waals surface area (Å²) in [6.45, 7) is 7.00. The minimum absolute atomic E-state index is 0.0757. The Labute approximate surface area is 166 Å². The van der Waals surface area contributed by atoms with E-state index < -0.39 is 0 Å². The van der Waals surface area contributed by atoms with Crippen molar-refractivity contribution in [3.8, 4) is 0 Å². The maximum Gasteiger partial charge on any atom is 0.223 e. The third kappa shape index (κ3) is 5.41. The van der Waals surface area contributed by atoms with E-state index in [9.17, 15) is 9.18 Å². The van der Waals surface area contributed by atoms with Crippen LogP contribution in [0.4, 0.5) is 4.39 Å². The fraction of sp³-hybridized carbons (Fsp3) is 0.391. The first-order valence-electron chi connectivity index (χ1n) is 9.72. The molecule has 0 unspecified atom stereocenters. The Morgan fingerprint density at radius 3 is 2.50 bits per heavy atom. The Hall–Kier alpha value is -2.69. The third-order valence-electron chi connectivity index (χ3n) is 4.76. The summed E-state index contributed by atoms with van der Waals surface area (Å²) < 4.78 is 13.2. The van der Waals surface area contributed by atoms with Crippen LogP contribution < -0.4 is 0 Å². The van der Waals surface area contributed by atoms with Gasteiger partial charge in [0.25, 0.3) is 0 Å². The van der Waals surface area contributed by atoms with Gasteiger partial charge in [-0.1, -0.05) is 61.0 Å². The van der Waals surface area contributed by atoms with Crippen molar-refractivity contribution >= 4 is 11.6 Å². The molecule has 28 heavy (non-hydrogen) atoms. The highest BCUT2D eigenvalue weighted by Gasteiger charge is 2.27. The van der Waals surface area contributed by atoms with E-state index in [-0.39, 0.29) is 23.7 Å². The lowest BCUT2D eigenvalue weighted by Gasteiger charge is -2.26. The summed E-state index contributed by atoms with van der Waals surface area (Å²) in [6.07, 6.45) is 0.963. The molecule has 2 aromatic rings. The molecule has 0 radical (unpaired) electrons. The van der Waals surface area contributed by atoms with Gasteiger partial charge in [0, 0.05) is 19.4 Å². The molecule has 0 bridgehead atoms. The molecular weight excluding hydrogens is 355 g/mol. The number of oxime groups is 1. The molecule has 0 aromatic heterocycles. The fourth-order valence-corrected chi connectivity index (χ4v) is 3.23. The number of nitrogens with zero attached hydrogens (tertiary/aromatic N) is 2. The largest absolute Gasteiger partial charge is 0.390 e. The number of carbonyl (C=O) groups is 1. The Morgan fingerprint density at radius 2 is 1.86 bits per heavy atom. The number of amides is 1. The standard InChI is InChI=1S/C23H27FN2O2/c1-16(2)12-23(27)26(14-18-6-10-20(24)11-7-18)15-21-13-22(25-28-21)19-8-4-17(3)5-9-19/h4-11,16,21H,12-15H2,1-3H3/t21-/m1/s1. The predicted octanol–water partition coefficient (Wildman–Crippen LogP) is 4.70. The van der Waals surface area contributed by atoms with E-state index in [2.05, 4.69) is 17.3 Å². The molecule has 0 aliphatic carbocycles. The number of rotatable bonds is 7. The number of benzene rings is 2. The zero-order valence-electron chi connectivity index (χ0n) is 16.7. The van der Waals surface area contributed by atoms with E-state index in [0.717, 1.165) is 16.8 Å². The van der Waals surface area contributed by atoms with Crippen molar-refractivity contribution in [2.24, 2.45) is 11.1 Å². The van der Waals surface area contributed by atoms with Crippen molar-refractivity contribution in [2.75, 3.05) is 6.54 Å². The van der Waals surface area contributed by atoms with Crippen LogP contribution in [0.25, 0.3) is 0 Å². The first-order chi connectivity index (χ1) is 13.4. The summed E-state index contributed by atoms with van der Waals surface area (Å²) in [4.78, 5) is 20.2. The van der Waals surface area contributed by atoms with Gasteiger partial charge in [0.15, 0.2) is 6.10 Å². The summed E-state index contributed by atoms with van der Waals surface area (Å²) in [5.74, 6) is 0.0675. The van der Waals surface area contributed by atoms with Crippen LogP contribution in [0, 0.1) is 18.7 Å². The van der Waals surface area contributed by atoms with Crippen LogP contribution in [0.5, 0.6) is 0 Å². The minimum atomic E-state index is -0.279. The summed E-state index contributed by atoms with van der Waals surface area (Å²) in [7, 11) is 0. The first kappa shape index (κ1) is 20.1. The Kier molecular flexibility index (Phi) is 6.45. The first-order valence-corrected chi connectivity index (χ1v) is 9.72. The molecule has 0 spiro atoms. The lowest BCUT2D eigenvalue weighted by molar-refractivity contribution is -0.134. The van der Waals surface area contributed by atoms with E-state index in [1.807, 2.05) is 32.9 Å². The molecule has 1 amide bonds. The molecule has 0 saturated carbocycles. The van der Waals surface area contributed by atoms with E-state index in [1.165, 1.54) is 17.7 Å². The molecule has 1 aliphatic heterocycles. The maximum absolute atomic E-state index is 13.2. The Balaban J connectivity index is 1.66. The van der Waals surface area contributed by atoms with Crippen LogP contribution in [0.2, 0.25) is 0 Å². The minimum Gasteiger partial charge on any atom is -0.390 e. The molecule has 4 nitrogen and oxygen atoms in total. The monoisotopic (exact) mass is 382 g/mol. The van der Waals surface area contributed by atoms with Crippen molar-refractivity contribution in [3.05, 3.63) is 71.0 Å². The summed E-state index contributed by atoms with van der Waals surface area (Å²) >= 11 is 0. The molecule has 148 valence electrons. The third-order valence-corrected chi connectivity index (χ3v) is 4.76. The van der Waals surface area contributed by atoms with Gasteiger partial charge in [0.2, 0.25) is 5.91 Å². The number of carbonyl (C=O) groups excluding carboxylic acids is 1. The molecule has 0 fully saturated rings. The van der Waals surface area contributed by atoms with Crippen LogP contribution in [0.15, 0.2) is 53.7 Å².